The molecule has 4 rings (SSSR count). The molecule has 0 fully saturated rings. The van der Waals surface area contributed by atoms with Crippen LogP contribution in [0.2, 0.25) is 0 Å². The quantitative estimate of drug-likeness (QED) is 0.532. The molecule has 29 heavy (non-hydrogen) atoms. The molecule has 0 saturated carbocycles. The smallest absolute Gasteiger partial charge is 0.375 e. The third-order valence-corrected chi connectivity index (χ3v) is 4.44. The van der Waals surface area contributed by atoms with Gasteiger partial charge in [0.25, 0.3) is 5.56 Å². The van der Waals surface area contributed by atoms with Crippen molar-refractivity contribution in [3.63, 3.8) is 0 Å². The summed E-state index contributed by atoms with van der Waals surface area (Å²) in [5.74, 6) is -0.574. The minimum Gasteiger partial charge on any atom is -0.496 e. The van der Waals surface area contributed by atoms with Crippen molar-refractivity contribution in [1.82, 2.24) is 9.97 Å². The van der Waals surface area contributed by atoms with Crippen LogP contribution in [-0.2, 0) is 4.74 Å². The number of nitrogens with one attached hydrogen (secondary N) is 1. The standard InChI is InChI=1S/C21H16N2O6/c1-11(19-22-13-7-4-3-6-12(13)20(25)23-19)28-21(26)17-10-14(24)18-15(27-2)8-5-9-16(18)29-17/h3-11H,1-2H3,(H,22,23,25). The summed E-state index contributed by atoms with van der Waals surface area (Å²) in [7, 11) is 1.44. The Morgan fingerprint density at radius 3 is 2.72 bits per heavy atom. The second-order valence-corrected chi connectivity index (χ2v) is 6.32. The molecule has 1 atom stereocenters. The van der Waals surface area contributed by atoms with Crippen molar-refractivity contribution in [2.45, 2.75) is 13.0 Å². The number of benzene rings is 2. The highest BCUT2D eigenvalue weighted by molar-refractivity contribution is 5.90. The van der Waals surface area contributed by atoms with Gasteiger partial charge in [-0.25, -0.2) is 9.78 Å². The third-order valence-electron chi connectivity index (χ3n) is 4.44. The fraction of sp³-hybridized carbons (Fsp3) is 0.143. The van der Waals surface area contributed by atoms with Crippen molar-refractivity contribution in [3.05, 3.63) is 80.7 Å². The van der Waals surface area contributed by atoms with Crippen molar-refractivity contribution in [1.29, 1.82) is 0 Å². The van der Waals surface area contributed by atoms with Crippen molar-refractivity contribution >= 4 is 27.8 Å². The zero-order valence-electron chi connectivity index (χ0n) is 15.6. The highest BCUT2D eigenvalue weighted by atomic mass is 16.6. The molecule has 2 heterocycles. The van der Waals surface area contributed by atoms with Crippen LogP contribution in [-0.4, -0.2) is 23.0 Å². The van der Waals surface area contributed by atoms with Crippen LogP contribution >= 0.6 is 0 Å². The number of aromatic amines is 1. The van der Waals surface area contributed by atoms with Gasteiger partial charge in [-0.15, -0.1) is 0 Å². The van der Waals surface area contributed by atoms with E-state index in [9.17, 15) is 14.4 Å². The summed E-state index contributed by atoms with van der Waals surface area (Å²) in [6.45, 7) is 1.56. The molecule has 0 aliphatic rings. The monoisotopic (exact) mass is 392 g/mol. The molecule has 0 radical (unpaired) electrons. The zero-order chi connectivity index (χ0) is 20.5. The van der Waals surface area contributed by atoms with E-state index in [0.29, 0.717) is 16.7 Å². The van der Waals surface area contributed by atoms with Crippen LogP contribution < -0.4 is 15.7 Å². The maximum absolute atomic E-state index is 12.5. The summed E-state index contributed by atoms with van der Waals surface area (Å²) in [4.78, 5) is 44.1. The number of H-pyrrole nitrogens is 1. The average molecular weight is 392 g/mol. The van der Waals surface area contributed by atoms with Crippen molar-refractivity contribution in [3.8, 4) is 5.75 Å². The molecule has 1 N–H and O–H groups in total. The van der Waals surface area contributed by atoms with Crippen molar-refractivity contribution < 1.29 is 18.7 Å². The van der Waals surface area contributed by atoms with Gasteiger partial charge in [-0.1, -0.05) is 18.2 Å². The molecule has 8 heteroatoms. The first-order valence-electron chi connectivity index (χ1n) is 8.78. The first kappa shape index (κ1) is 18.4. The average Bonchev–Trinajstić information content (AvgIpc) is 2.73. The summed E-state index contributed by atoms with van der Waals surface area (Å²) in [6.07, 6.45) is -0.869. The second-order valence-electron chi connectivity index (χ2n) is 6.32. The predicted octanol–water partition coefficient (Wildman–Crippen LogP) is 2.96. The molecule has 0 amide bonds. The van der Waals surface area contributed by atoms with Gasteiger partial charge in [-0.3, -0.25) is 9.59 Å². The fourth-order valence-corrected chi connectivity index (χ4v) is 3.02. The van der Waals surface area contributed by atoms with E-state index in [-0.39, 0.29) is 28.1 Å². The normalized spacial score (nSPS) is 12.1. The molecule has 0 bridgehead atoms. The molecule has 4 aromatic rings. The molecule has 8 nitrogen and oxygen atoms in total. The lowest BCUT2D eigenvalue weighted by molar-refractivity contribution is 0.0284. The first-order valence-corrected chi connectivity index (χ1v) is 8.78. The van der Waals surface area contributed by atoms with Gasteiger partial charge in [0.1, 0.15) is 16.7 Å². The number of ether oxygens (including phenoxy) is 2. The van der Waals surface area contributed by atoms with Crippen LogP contribution in [0.1, 0.15) is 29.4 Å². The number of hydrogen-bond donors (Lipinski definition) is 1. The van der Waals surface area contributed by atoms with Gasteiger partial charge in [-0.05, 0) is 31.2 Å². The minimum atomic E-state index is -0.869. The Morgan fingerprint density at radius 2 is 1.93 bits per heavy atom. The lowest BCUT2D eigenvalue weighted by atomic mass is 10.2. The van der Waals surface area contributed by atoms with Crippen LogP contribution in [0.3, 0.4) is 0 Å². The number of esters is 1. The van der Waals surface area contributed by atoms with Gasteiger partial charge in [0, 0.05) is 6.07 Å². The van der Waals surface area contributed by atoms with Gasteiger partial charge < -0.3 is 18.9 Å². The number of nitrogens with zero attached hydrogens (tertiary/aromatic N) is 1. The molecule has 0 aliphatic carbocycles. The summed E-state index contributed by atoms with van der Waals surface area (Å²) in [6, 6.07) is 12.7. The zero-order valence-corrected chi connectivity index (χ0v) is 15.6. The van der Waals surface area contributed by atoms with E-state index < -0.39 is 17.5 Å². The topological polar surface area (TPSA) is 111 Å². The Hall–Kier alpha value is -3.94. The van der Waals surface area contributed by atoms with Crippen LogP contribution in [0.15, 0.2) is 62.5 Å². The molecule has 0 spiro atoms. The number of aromatic nitrogens is 2. The predicted molar refractivity (Wildman–Crippen MR) is 105 cm³/mol. The Labute approximate surface area is 163 Å². The Bertz CT molecular complexity index is 1350. The third kappa shape index (κ3) is 3.36. The van der Waals surface area contributed by atoms with Gasteiger partial charge in [0.15, 0.2) is 17.4 Å². The SMILES string of the molecule is COc1cccc2oc(C(=O)OC(C)c3nc4ccccc4c(=O)[nH]3)cc(=O)c12. The summed E-state index contributed by atoms with van der Waals surface area (Å²) in [5.41, 5.74) is -0.0782. The number of para-hydroxylation sites is 1. The van der Waals surface area contributed by atoms with Gasteiger partial charge in [-0.2, -0.15) is 0 Å². The van der Waals surface area contributed by atoms with Crippen LogP contribution in [0.25, 0.3) is 21.9 Å². The van der Waals surface area contributed by atoms with Crippen molar-refractivity contribution in [2.75, 3.05) is 7.11 Å². The molecular weight excluding hydrogens is 376 g/mol. The lowest BCUT2D eigenvalue weighted by Crippen LogP contribution is -2.18. The van der Waals surface area contributed by atoms with E-state index in [1.54, 1.807) is 49.4 Å². The number of rotatable bonds is 4. The van der Waals surface area contributed by atoms with E-state index in [0.717, 1.165) is 6.07 Å². The molecule has 2 aromatic carbocycles. The maximum atomic E-state index is 12.5. The summed E-state index contributed by atoms with van der Waals surface area (Å²) < 4.78 is 16.0. The molecule has 146 valence electrons. The molecule has 0 saturated heterocycles. The fourth-order valence-electron chi connectivity index (χ4n) is 3.02. The summed E-state index contributed by atoms with van der Waals surface area (Å²) in [5, 5.41) is 0.671. The minimum absolute atomic E-state index is 0.187. The first-order chi connectivity index (χ1) is 14.0. The van der Waals surface area contributed by atoms with Crippen LogP contribution in [0, 0.1) is 0 Å². The van der Waals surface area contributed by atoms with E-state index in [1.165, 1.54) is 7.11 Å². The summed E-state index contributed by atoms with van der Waals surface area (Å²) >= 11 is 0. The van der Waals surface area contributed by atoms with Gasteiger partial charge in [0.2, 0.25) is 5.76 Å². The maximum Gasteiger partial charge on any atom is 0.375 e. The highest BCUT2D eigenvalue weighted by Gasteiger charge is 2.20. The number of fused-ring (bicyclic) bond motifs is 2. The molecule has 2 aromatic heterocycles. The number of methoxy groups -OCH3 is 1. The van der Waals surface area contributed by atoms with Crippen LogP contribution in [0.4, 0.5) is 0 Å². The van der Waals surface area contributed by atoms with Crippen LogP contribution in [0.5, 0.6) is 5.75 Å². The number of hydrogen-bond acceptors (Lipinski definition) is 7. The largest absolute Gasteiger partial charge is 0.496 e. The molecule has 0 aliphatic heterocycles. The number of carbonyl (C=O) groups excluding carboxylic acids is 1. The second kappa shape index (κ2) is 7.23. The molecule has 1 unspecified atom stereocenters. The Balaban J connectivity index is 1.66. The van der Waals surface area contributed by atoms with E-state index >= 15 is 0 Å². The molecular formula is C21H16N2O6. The van der Waals surface area contributed by atoms with Crippen molar-refractivity contribution in [2.24, 2.45) is 0 Å². The highest BCUT2D eigenvalue weighted by Crippen LogP contribution is 2.24. The van der Waals surface area contributed by atoms with E-state index in [1.807, 2.05) is 0 Å². The Morgan fingerprint density at radius 1 is 1.14 bits per heavy atom. The van der Waals surface area contributed by atoms with Gasteiger partial charge >= 0.3 is 5.97 Å². The van der Waals surface area contributed by atoms with E-state index in [2.05, 4.69) is 9.97 Å². The lowest BCUT2D eigenvalue weighted by Gasteiger charge is -2.13. The van der Waals surface area contributed by atoms with E-state index in [4.69, 9.17) is 13.9 Å². The number of carbonyl (C=O) groups is 1. The Kier molecular flexibility index (Phi) is 4.59. The van der Waals surface area contributed by atoms with Gasteiger partial charge in [0.05, 0.1) is 18.0 Å².